The molecule has 1 aromatic heterocycles. The van der Waals surface area contributed by atoms with Gasteiger partial charge in [0.25, 0.3) is 0 Å². The van der Waals surface area contributed by atoms with Gasteiger partial charge in [-0.25, -0.2) is 14.2 Å². The van der Waals surface area contributed by atoms with Gasteiger partial charge in [-0.2, -0.15) is 13.2 Å². The van der Waals surface area contributed by atoms with Crippen molar-refractivity contribution in [2.24, 2.45) is 0 Å². The summed E-state index contributed by atoms with van der Waals surface area (Å²) in [6.07, 6.45) is 0.557. The molecule has 186 valence electrons. The Bertz CT molecular complexity index is 1080. The third-order valence-corrected chi connectivity index (χ3v) is 5.37. The van der Waals surface area contributed by atoms with Crippen molar-refractivity contribution in [3.05, 3.63) is 89.9 Å². The van der Waals surface area contributed by atoms with Gasteiger partial charge < -0.3 is 15.5 Å². The predicted molar refractivity (Wildman–Crippen MR) is 128 cm³/mol. The minimum atomic E-state index is -4.51. The van der Waals surface area contributed by atoms with Crippen LogP contribution >= 0.6 is 0 Å². The SMILES string of the molecule is O=C(Nc1cccc(C(F)(F)F)c1)N(CCCCCCNc1ccccn1)Cc1ccccc1F. The number of alkyl halides is 3. The quantitative estimate of drug-likeness (QED) is 0.227. The van der Waals surface area contributed by atoms with Gasteiger partial charge in [-0.1, -0.05) is 43.2 Å². The van der Waals surface area contributed by atoms with Gasteiger partial charge in [0.05, 0.1) is 12.1 Å². The average Bonchev–Trinajstić information content (AvgIpc) is 2.84. The number of benzene rings is 2. The zero-order valence-corrected chi connectivity index (χ0v) is 19.2. The van der Waals surface area contributed by atoms with E-state index in [-0.39, 0.29) is 12.2 Å². The molecule has 3 aromatic rings. The number of amides is 2. The maximum Gasteiger partial charge on any atom is 0.416 e. The molecule has 0 radical (unpaired) electrons. The molecule has 0 saturated carbocycles. The highest BCUT2D eigenvalue weighted by molar-refractivity contribution is 5.89. The first-order chi connectivity index (χ1) is 16.8. The lowest BCUT2D eigenvalue weighted by Gasteiger charge is -2.24. The fourth-order valence-electron chi connectivity index (χ4n) is 3.53. The zero-order valence-electron chi connectivity index (χ0n) is 19.2. The molecule has 3 rings (SSSR count). The Labute approximate surface area is 202 Å². The van der Waals surface area contributed by atoms with Crippen LogP contribution in [0.1, 0.15) is 36.8 Å². The number of carbonyl (C=O) groups excluding carboxylic acids is 1. The van der Waals surface area contributed by atoms with E-state index in [1.807, 2.05) is 18.2 Å². The van der Waals surface area contributed by atoms with Crippen LogP contribution in [0.25, 0.3) is 0 Å². The summed E-state index contributed by atoms with van der Waals surface area (Å²) in [4.78, 5) is 18.5. The average molecular weight is 489 g/mol. The van der Waals surface area contributed by atoms with Crippen LogP contribution in [0.4, 0.5) is 33.9 Å². The Morgan fingerprint density at radius 1 is 0.914 bits per heavy atom. The van der Waals surface area contributed by atoms with Crippen LogP contribution in [0.5, 0.6) is 0 Å². The summed E-state index contributed by atoms with van der Waals surface area (Å²) in [5, 5.41) is 5.76. The van der Waals surface area contributed by atoms with Crippen molar-refractivity contribution in [3.63, 3.8) is 0 Å². The van der Waals surface area contributed by atoms with Gasteiger partial charge >= 0.3 is 12.2 Å². The first-order valence-electron chi connectivity index (χ1n) is 11.4. The predicted octanol–water partition coefficient (Wildman–Crippen LogP) is 6.95. The van der Waals surface area contributed by atoms with Gasteiger partial charge in [0, 0.05) is 30.5 Å². The van der Waals surface area contributed by atoms with Crippen LogP contribution in [0.15, 0.2) is 72.9 Å². The largest absolute Gasteiger partial charge is 0.416 e. The number of halogens is 4. The molecule has 0 bridgehead atoms. The topological polar surface area (TPSA) is 57.3 Å². The molecule has 0 unspecified atom stereocenters. The molecule has 0 saturated heterocycles. The summed E-state index contributed by atoms with van der Waals surface area (Å²) in [7, 11) is 0. The van der Waals surface area contributed by atoms with E-state index in [0.29, 0.717) is 18.5 Å². The second-order valence-corrected chi connectivity index (χ2v) is 8.08. The Morgan fingerprint density at radius 3 is 2.43 bits per heavy atom. The lowest BCUT2D eigenvalue weighted by molar-refractivity contribution is -0.137. The number of aromatic nitrogens is 1. The van der Waals surface area contributed by atoms with Crippen LogP contribution in [0, 0.1) is 5.82 Å². The smallest absolute Gasteiger partial charge is 0.370 e. The molecule has 1 heterocycles. The minimum absolute atomic E-state index is 0.0126. The maximum atomic E-state index is 14.2. The minimum Gasteiger partial charge on any atom is -0.370 e. The van der Waals surface area contributed by atoms with Gasteiger partial charge in [0.15, 0.2) is 0 Å². The summed E-state index contributed by atoms with van der Waals surface area (Å²) < 4.78 is 53.2. The number of carbonyl (C=O) groups is 1. The van der Waals surface area contributed by atoms with Gasteiger partial charge in [-0.15, -0.1) is 0 Å². The van der Waals surface area contributed by atoms with E-state index in [1.165, 1.54) is 23.1 Å². The molecular formula is C26H28F4N4O. The summed E-state index contributed by atoms with van der Waals surface area (Å²) in [5.41, 5.74) is -0.481. The number of hydrogen-bond donors (Lipinski definition) is 2. The number of pyridine rings is 1. The monoisotopic (exact) mass is 488 g/mol. The summed E-state index contributed by atoms with van der Waals surface area (Å²) in [5.74, 6) is 0.375. The number of hydrogen-bond acceptors (Lipinski definition) is 3. The van der Waals surface area contributed by atoms with Crippen molar-refractivity contribution in [1.29, 1.82) is 0 Å². The van der Waals surface area contributed by atoms with Crippen LogP contribution in [0.3, 0.4) is 0 Å². The Hall–Kier alpha value is -3.62. The van der Waals surface area contributed by atoms with E-state index in [2.05, 4.69) is 15.6 Å². The molecule has 0 fully saturated rings. The molecule has 2 N–H and O–H groups in total. The van der Waals surface area contributed by atoms with Crippen molar-refractivity contribution >= 4 is 17.5 Å². The molecule has 0 spiro atoms. The van der Waals surface area contributed by atoms with Gasteiger partial charge in [-0.05, 0) is 49.2 Å². The van der Waals surface area contributed by atoms with Crippen LogP contribution in [0.2, 0.25) is 0 Å². The highest BCUT2D eigenvalue weighted by Crippen LogP contribution is 2.30. The van der Waals surface area contributed by atoms with Crippen molar-refractivity contribution in [2.45, 2.75) is 38.4 Å². The third kappa shape index (κ3) is 8.59. The maximum absolute atomic E-state index is 14.2. The van der Waals surface area contributed by atoms with Crippen molar-refractivity contribution in [1.82, 2.24) is 9.88 Å². The first-order valence-corrected chi connectivity index (χ1v) is 11.4. The van der Waals surface area contributed by atoms with E-state index in [1.54, 1.807) is 24.4 Å². The Balaban J connectivity index is 1.54. The molecular weight excluding hydrogens is 460 g/mol. The first kappa shape index (κ1) is 26.0. The van der Waals surface area contributed by atoms with Crippen molar-refractivity contribution < 1.29 is 22.4 Å². The fraction of sp³-hybridized carbons (Fsp3) is 0.308. The summed E-state index contributed by atoms with van der Waals surface area (Å²) >= 11 is 0. The van der Waals surface area contributed by atoms with Gasteiger partial charge in [0.2, 0.25) is 0 Å². The van der Waals surface area contributed by atoms with E-state index < -0.39 is 23.6 Å². The van der Waals surface area contributed by atoms with Crippen LogP contribution < -0.4 is 10.6 Å². The normalized spacial score (nSPS) is 11.2. The number of unbranched alkanes of at least 4 members (excludes halogenated alkanes) is 3. The van der Waals surface area contributed by atoms with E-state index in [0.717, 1.165) is 43.8 Å². The van der Waals surface area contributed by atoms with E-state index in [4.69, 9.17) is 0 Å². The highest BCUT2D eigenvalue weighted by Gasteiger charge is 2.30. The number of anilines is 2. The molecule has 0 atom stereocenters. The zero-order chi connectivity index (χ0) is 25.1. The molecule has 2 aromatic carbocycles. The Kier molecular flexibility index (Phi) is 9.46. The van der Waals surface area contributed by atoms with Crippen molar-refractivity contribution in [3.8, 4) is 0 Å². The number of rotatable bonds is 11. The lowest BCUT2D eigenvalue weighted by atomic mass is 10.1. The number of nitrogens with one attached hydrogen (secondary N) is 2. The number of urea groups is 1. The molecule has 0 aliphatic heterocycles. The van der Waals surface area contributed by atoms with Crippen LogP contribution in [-0.4, -0.2) is 29.0 Å². The Morgan fingerprint density at radius 2 is 1.69 bits per heavy atom. The van der Waals surface area contributed by atoms with Crippen LogP contribution in [-0.2, 0) is 12.7 Å². The van der Waals surface area contributed by atoms with E-state index in [9.17, 15) is 22.4 Å². The summed E-state index contributed by atoms with van der Waals surface area (Å²) in [6, 6.07) is 15.7. The molecule has 9 heteroatoms. The van der Waals surface area contributed by atoms with Gasteiger partial charge in [-0.3, -0.25) is 0 Å². The second kappa shape index (κ2) is 12.7. The second-order valence-electron chi connectivity index (χ2n) is 8.08. The number of nitrogens with zero attached hydrogens (tertiary/aromatic N) is 2. The third-order valence-electron chi connectivity index (χ3n) is 5.37. The molecule has 5 nitrogen and oxygen atoms in total. The molecule has 35 heavy (non-hydrogen) atoms. The highest BCUT2D eigenvalue weighted by atomic mass is 19.4. The van der Waals surface area contributed by atoms with Gasteiger partial charge in [0.1, 0.15) is 11.6 Å². The standard InChI is InChI=1S/C26H28F4N4O/c27-23-13-4-3-10-20(23)19-34(17-8-2-1-6-15-31-24-14-5-7-16-32-24)25(35)33-22-12-9-11-21(18-22)26(28,29)30/h3-5,7,9-14,16,18H,1-2,6,8,15,17,19H2,(H,31,32)(H,33,35). The fourth-order valence-corrected chi connectivity index (χ4v) is 3.53. The van der Waals surface area contributed by atoms with Crippen molar-refractivity contribution in [2.75, 3.05) is 23.7 Å². The van der Waals surface area contributed by atoms with E-state index >= 15 is 0 Å². The molecule has 2 amide bonds. The summed E-state index contributed by atoms with van der Waals surface area (Å²) in [6.45, 7) is 1.12. The molecule has 0 aliphatic rings. The molecule has 0 aliphatic carbocycles. The lowest BCUT2D eigenvalue weighted by Crippen LogP contribution is -2.35.